The van der Waals surface area contributed by atoms with Crippen LogP contribution in [0.15, 0.2) is 6.33 Å². The van der Waals surface area contributed by atoms with Gasteiger partial charge in [-0.3, -0.25) is 0 Å². The molecule has 0 spiro atoms. The molecule has 4 nitrogen and oxygen atoms in total. The van der Waals surface area contributed by atoms with Crippen LogP contribution in [-0.4, -0.2) is 28.2 Å². The van der Waals surface area contributed by atoms with Gasteiger partial charge in [-0.25, -0.2) is 9.97 Å². The van der Waals surface area contributed by atoms with E-state index in [0.29, 0.717) is 17.0 Å². The standard InChI is InChI=1S/C12H18ClN3O/c1-8-11(13)15-7-16-12(8)14-5-9-3-2-4-10(9)6-17/h7,9-10,17H,2-6H2,1H3,(H,14,15,16). The summed E-state index contributed by atoms with van der Waals surface area (Å²) in [6.07, 6.45) is 4.99. The van der Waals surface area contributed by atoms with Crippen molar-refractivity contribution in [1.82, 2.24) is 9.97 Å². The van der Waals surface area contributed by atoms with Crippen molar-refractivity contribution in [2.75, 3.05) is 18.5 Å². The SMILES string of the molecule is Cc1c(Cl)ncnc1NCC1CCCC1CO. The van der Waals surface area contributed by atoms with Gasteiger partial charge in [-0.2, -0.15) is 0 Å². The Bertz CT molecular complexity index is 386. The van der Waals surface area contributed by atoms with E-state index in [4.69, 9.17) is 11.6 Å². The molecule has 0 saturated heterocycles. The molecule has 94 valence electrons. The molecule has 1 heterocycles. The van der Waals surface area contributed by atoms with Gasteiger partial charge >= 0.3 is 0 Å². The number of halogens is 1. The molecule has 0 bridgehead atoms. The molecule has 1 aromatic rings. The van der Waals surface area contributed by atoms with Gasteiger partial charge < -0.3 is 10.4 Å². The van der Waals surface area contributed by atoms with Crippen molar-refractivity contribution in [3.8, 4) is 0 Å². The minimum Gasteiger partial charge on any atom is -0.396 e. The van der Waals surface area contributed by atoms with E-state index in [9.17, 15) is 5.11 Å². The van der Waals surface area contributed by atoms with Crippen molar-refractivity contribution in [2.24, 2.45) is 11.8 Å². The molecule has 1 aromatic heterocycles. The predicted octanol–water partition coefficient (Wildman–Crippen LogP) is 2.26. The van der Waals surface area contributed by atoms with Crippen molar-refractivity contribution in [2.45, 2.75) is 26.2 Å². The van der Waals surface area contributed by atoms with E-state index >= 15 is 0 Å². The molecule has 2 rings (SSSR count). The molecule has 2 N–H and O–H groups in total. The predicted molar refractivity (Wildman–Crippen MR) is 68.2 cm³/mol. The van der Waals surface area contributed by atoms with Crippen molar-refractivity contribution in [3.05, 3.63) is 17.0 Å². The highest BCUT2D eigenvalue weighted by molar-refractivity contribution is 6.30. The molecule has 0 aromatic carbocycles. The number of aliphatic hydroxyl groups excluding tert-OH is 1. The Morgan fingerprint density at radius 1 is 1.41 bits per heavy atom. The lowest BCUT2D eigenvalue weighted by Gasteiger charge is -2.18. The molecule has 1 fully saturated rings. The summed E-state index contributed by atoms with van der Waals surface area (Å²) in [5.41, 5.74) is 0.882. The van der Waals surface area contributed by atoms with Gasteiger partial charge in [0.15, 0.2) is 0 Å². The zero-order valence-electron chi connectivity index (χ0n) is 9.99. The number of aromatic nitrogens is 2. The minimum atomic E-state index is 0.288. The number of nitrogens with zero attached hydrogens (tertiary/aromatic N) is 2. The minimum absolute atomic E-state index is 0.288. The Morgan fingerprint density at radius 2 is 2.18 bits per heavy atom. The van der Waals surface area contributed by atoms with Crippen LogP contribution in [0.4, 0.5) is 5.82 Å². The van der Waals surface area contributed by atoms with Crippen LogP contribution in [0.5, 0.6) is 0 Å². The molecule has 1 aliphatic carbocycles. The van der Waals surface area contributed by atoms with E-state index < -0.39 is 0 Å². The summed E-state index contributed by atoms with van der Waals surface area (Å²) >= 11 is 5.93. The van der Waals surface area contributed by atoms with Crippen LogP contribution < -0.4 is 5.32 Å². The first-order valence-corrected chi connectivity index (χ1v) is 6.42. The number of anilines is 1. The molecule has 2 atom stereocenters. The third-order valence-corrected chi connectivity index (χ3v) is 3.99. The highest BCUT2D eigenvalue weighted by atomic mass is 35.5. The van der Waals surface area contributed by atoms with Gasteiger partial charge in [-0.1, -0.05) is 18.0 Å². The van der Waals surface area contributed by atoms with Crippen LogP contribution >= 0.6 is 11.6 Å². The summed E-state index contributed by atoms with van der Waals surface area (Å²) < 4.78 is 0. The van der Waals surface area contributed by atoms with Crippen LogP contribution in [0.2, 0.25) is 5.15 Å². The van der Waals surface area contributed by atoms with Crippen molar-refractivity contribution >= 4 is 17.4 Å². The molecule has 5 heteroatoms. The van der Waals surface area contributed by atoms with Crippen molar-refractivity contribution < 1.29 is 5.11 Å². The van der Waals surface area contributed by atoms with Gasteiger partial charge in [0.05, 0.1) is 0 Å². The molecule has 0 aliphatic heterocycles. The summed E-state index contributed by atoms with van der Waals surface area (Å²) in [4.78, 5) is 8.11. The van der Waals surface area contributed by atoms with E-state index in [0.717, 1.165) is 24.3 Å². The Balaban J connectivity index is 1.95. The van der Waals surface area contributed by atoms with Crippen molar-refractivity contribution in [1.29, 1.82) is 0 Å². The second-order valence-corrected chi connectivity index (χ2v) is 5.01. The molecule has 1 aliphatic rings. The summed E-state index contributed by atoms with van der Waals surface area (Å²) in [6, 6.07) is 0. The fourth-order valence-corrected chi connectivity index (χ4v) is 2.59. The number of aliphatic hydroxyl groups is 1. The number of rotatable bonds is 4. The topological polar surface area (TPSA) is 58.0 Å². The average molecular weight is 256 g/mol. The molecule has 0 amide bonds. The molecular weight excluding hydrogens is 238 g/mol. The van der Waals surface area contributed by atoms with Gasteiger partial charge in [0.2, 0.25) is 0 Å². The lowest BCUT2D eigenvalue weighted by molar-refractivity contribution is 0.199. The number of hydrogen-bond donors (Lipinski definition) is 2. The van der Waals surface area contributed by atoms with Crippen LogP contribution in [-0.2, 0) is 0 Å². The van der Waals surface area contributed by atoms with Crippen LogP contribution in [0.3, 0.4) is 0 Å². The summed E-state index contributed by atoms with van der Waals surface area (Å²) in [6.45, 7) is 3.04. The molecular formula is C12H18ClN3O. The highest BCUT2D eigenvalue weighted by Gasteiger charge is 2.26. The molecule has 0 radical (unpaired) electrons. The van der Waals surface area contributed by atoms with Gasteiger partial charge in [0.1, 0.15) is 17.3 Å². The Morgan fingerprint density at radius 3 is 2.94 bits per heavy atom. The van der Waals surface area contributed by atoms with E-state index in [2.05, 4.69) is 15.3 Å². The van der Waals surface area contributed by atoms with E-state index in [-0.39, 0.29) is 6.61 Å². The third-order valence-electron chi connectivity index (χ3n) is 3.61. The fourth-order valence-electron chi connectivity index (χ4n) is 2.46. The number of hydrogen-bond acceptors (Lipinski definition) is 4. The lowest BCUT2D eigenvalue weighted by Crippen LogP contribution is -2.21. The average Bonchev–Trinajstić information content (AvgIpc) is 2.78. The monoisotopic (exact) mass is 255 g/mol. The quantitative estimate of drug-likeness (QED) is 0.811. The van der Waals surface area contributed by atoms with E-state index in [1.54, 1.807) is 0 Å². The van der Waals surface area contributed by atoms with Crippen LogP contribution in [0, 0.1) is 18.8 Å². The summed E-state index contributed by atoms with van der Waals surface area (Å²) in [5, 5.41) is 13.1. The largest absolute Gasteiger partial charge is 0.396 e. The maximum Gasteiger partial charge on any atom is 0.137 e. The highest BCUT2D eigenvalue weighted by Crippen LogP contribution is 2.31. The van der Waals surface area contributed by atoms with Gasteiger partial charge in [0, 0.05) is 18.7 Å². The smallest absolute Gasteiger partial charge is 0.137 e. The normalized spacial score (nSPS) is 23.9. The van der Waals surface area contributed by atoms with Crippen molar-refractivity contribution in [3.63, 3.8) is 0 Å². The number of nitrogens with one attached hydrogen (secondary N) is 1. The van der Waals surface area contributed by atoms with Gasteiger partial charge in [0.25, 0.3) is 0 Å². The third kappa shape index (κ3) is 2.87. The zero-order valence-corrected chi connectivity index (χ0v) is 10.7. The zero-order chi connectivity index (χ0) is 12.3. The maximum atomic E-state index is 9.26. The van der Waals surface area contributed by atoms with Gasteiger partial charge in [-0.05, 0) is 31.6 Å². The van der Waals surface area contributed by atoms with Crippen LogP contribution in [0.25, 0.3) is 0 Å². The first-order chi connectivity index (χ1) is 8.22. The van der Waals surface area contributed by atoms with Crippen LogP contribution in [0.1, 0.15) is 24.8 Å². The first-order valence-electron chi connectivity index (χ1n) is 6.04. The molecule has 2 unspecified atom stereocenters. The fraction of sp³-hybridized carbons (Fsp3) is 0.667. The second kappa shape index (κ2) is 5.65. The van der Waals surface area contributed by atoms with E-state index in [1.165, 1.54) is 19.2 Å². The Labute approximate surface area is 106 Å². The summed E-state index contributed by atoms with van der Waals surface area (Å²) in [7, 11) is 0. The Kier molecular flexibility index (Phi) is 4.18. The van der Waals surface area contributed by atoms with Gasteiger partial charge in [-0.15, -0.1) is 0 Å². The summed E-state index contributed by atoms with van der Waals surface area (Å²) in [5.74, 6) is 1.77. The Hall–Kier alpha value is -0.870. The first kappa shape index (κ1) is 12.6. The maximum absolute atomic E-state index is 9.26. The molecule has 1 saturated carbocycles. The second-order valence-electron chi connectivity index (χ2n) is 4.65. The molecule has 17 heavy (non-hydrogen) atoms. The van der Waals surface area contributed by atoms with E-state index in [1.807, 2.05) is 6.92 Å². The lowest BCUT2D eigenvalue weighted by atomic mass is 9.97.